The van der Waals surface area contributed by atoms with Crippen molar-refractivity contribution in [3.8, 4) is 5.75 Å². The summed E-state index contributed by atoms with van der Waals surface area (Å²) in [5.41, 5.74) is 2.75. The topological polar surface area (TPSA) is 67.4 Å². The Bertz CT molecular complexity index is 1160. The maximum atomic E-state index is 12.3. The molecule has 0 radical (unpaired) electrons. The van der Waals surface area contributed by atoms with Gasteiger partial charge in [-0.25, -0.2) is 0 Å². The minimum atomic E-state index is -0.166. The van der Waals surface area contributed by atoms with E-state index in [1.54, 1.807) is 13.2 Å². The summed E-state index contributed by atoms with van der Waals surface area (Å²) in [5.74, 6) is 0.513. The van der Waals surface area contributed by atoms with Gasteiger partial charge in [0.15, 0.2) is 0 Å². The molecule has 4 rings (SSSR count). The van der Waals surface area contributed by atoms with E-state index in [1.807, 2.05) is 66.1 Å². The van der Waals surface area contributed by atoms with Gasteiger partial charge in [-0.1, -0.05) is 36.0 Å². The van der Waals surface area contributed by atoms with E-state index >= 15 is 0 Å². The zero-order valence-electron chi connectivity index (χ0n) is 16.8. The van der Waals surface area contributed by atoms with Gasteiger partial charge >= 0.3 is 0 Å². The number of carbonyl (C=O) groups is 2. The molecular weight excluding hydrogens is 428 g/mol. The first-order chi connectivity index (χ1) is 15.1. The number of hydrogen-bond donors (Lipinski definition) is 2. The highest BCUT2D eigenvalue weighted by Crippen LogP contribution is 2.39. The van der Waals surface area contributed by atoms with E-state index in [1.165, 1.54) is 29.2 Å². The Labute approximate surface area is 188 Å². The molecule has 2 aromatic carbocycles. The van der Waals surface area contributed by atoms with Crippen molar-refractivity contribution in [2.24, 2.45) is 0 Å². The maximum Gasteiger partial charge on any atom is 0.262 e. The predicted octanol–water partition coefficient (Wildman–Crippen LogP) is 5.17. The molecular formula is C24H20N2O3S2. The van der Waals surface area contributed by atoms with Crippen molar-refractivity contribution in [3.05, 3.63) is 87.0 Å². The number of benzene rings is 2. The predicted molar refractivity (Wildman–Crippen MR) is 127 cm³/mol. The molecule has 1 aromatic heterocycles. The van der Waals surface area contributed by atoms with Gasteiger partial charge in [0.1, 0.15) is 5.75 Å². The molecule has 0 aliphatic carbocycles. The number of thiophene rings is 1. The third-order valence-electron chi connectivity index (χ3n) is 4.55. The first-order valence-corrected chi connectivity index (χ1v) is 11.3. The number of thioether (sulfide) groups is 1. The van der Waals surface area contributed by atoms with Crippen LogP contribution in [0.2, 0.25) is 0 Å². The number of hydrogen-bond acceptors (Lipinski definition) is 5. The Morgan fingerprint density at radius 3 is 2.77 bits per heavy atom. The summed E-state index contributed by atoms with van der Waals surface area (Å²) in [7, 11) is 1.62. The second kappa shape index (κ2) is 9.68. The summed E-state index contributed by atoms with van der Waals surface area (Å²) in [5, 5.41) is 7.73. The molecule has 31 heavy (non-hydrogen) atoms. The average Bonchev–Trinajstić information content (AvgIpc) is 3.24. The molecule has 0 unspecified atom stereocenters. The summed E-state index contributed by atoms with van der Waals surface area (Å²) in [4.78, 5) is 27.1. The number of amides is 2. The van der Waals surface area contributed by atoms with Crippen molar-refractivity contribution in [1.82, 2.24) is 5.32 Å². The smallest absolute Gasteiger partial charge is 0.262 e. The van der Waals surface area contributed by atoms with Gasteiger partial charge in [-0.3, -0.25) is 9.59 Å². The lowest BCUT2D eigenvalue weighted by Crippen LogP contribution is -2.20. The van der Waals surface area contributed by atoms with Crippen molar-refractivity contribution in [2.75, 3.05) is 12.4 Å². The van der Waals surface area contributed by atoms with Crippen LogP contribution in [0.4, 0.5) is 5.69 Å². The van der Waals surface area contributed by atoms with Crippen LogP contribution >= 0.6 is 23.1 Å². The monoisotopic (exact) mass is 448 g/mol. The van der Waals surface area contributed by atoms with E-state index in [0.717, 1.165) is 32.3 Å². The van der Waals surface area contributed by atoms with E-state index in [0.29, 0.717) is 11.4 Å². The average molecular weight is 449 g/mol. The van der Waals surface area contributed by atoms with Crippen LogP contribution in [0.25, 0.3) is 12.2 Å². The first-order valence-electron chi connectivity index (χ1n) is 9.58. The summed E-state index contributed by atoms with van der Waals surface area (Å²) in [6.07, 6.45) is 5.16. The Kier molecular flexibility index (Phi) is 6.54. The van der Waals surface area contributed by atoms with Crippen molar-refractivity contribution >= 4 is 52.8 Å². The van der Waals surface area contributed by atoms with Crippen molar-refractivity contribution in [1.29, 1.82) is 0 Å². The van der Waals surface area contributed by atoms with Gasteiger partial charge in [0.2, 0.25) is 5.91 Å². The van der Waals surface area contributed by atoms with Crippen LogP contribution in [0.5, 0.6) is 5.75 Å². The van der Waals surface area contributed by atoms with Gasteiger partial charge < -0.3 is 15.4 Å². The molecule has 0 bridgehead atoms. The molecule has 2 heterocycles. The molecule has 156 valence electrons. The molecule has 0 fully saturated rings. The highest BCUT2D eigenvalue weighted by atomic mass is 32.2. The normalized spacial score (nSPS) is 14.4. The number of ether oxygens (including phenoxy) is 1. The zero-order valence-corrected chi connectivity index (χ0v) is 18.4. The Morgan fingerprint density at radius 1 is 1.16 bits per heavy atom. The lowest BCUT2D eigenvalue weighted by molar-refractivity contribution is -0.116. The molecule has 1 aliphatic heterocycles. The van der Waals surface area contributed by atoms with Crippen molar-refractivity contribution in [2.45, 2.75) is 11.4 Å². The van der Waals surface area contributed by atoms with E-state index in [2.05, 4.69) is 10.6 Å². The molecule has 0 spiro atoms. The number of fused-ring (bicyclic) bond motifs is 1. The largest absolute Gasteiger partial charge is 0.497 e. The number of anilines is 1. The lowest BCUT2D eigenvalue weighted by atomic mass is 10.2. The number of para-hydroxylation sites is 1. The molecule has 1 aliphatic rings. The second-order valence-corrected chi connectivity index (χ2v) is 8.77. The highest BCUT2D eigenvalue weighted by molar-refractivity contribution is 8.04. The molecule has 3 aromatic rings. The van der Waals surface area contributed by atoms with Gasteiger partial charge in [-0.15, -0.1) is 11.3 Å². The van der Waals surface area contributed by atoms with Crippen LogP contribution in [-0.2, 0) is 16.1 Å². The number of carbonyl (C=O) groups excluding carboxylic acids is 2. The van der Waals surface area contributed by atoms with E-state index in [-0.39, 0.29) is 11.8 Å². The summed E-state index contributed by atoms with van der Waals surface area (Å²) in [6, 6.07) is 17.3. The molecule has 0 atom stereocenters. The molecule has 2 N–H and O–H groups in total. The van der Waals surface area contributed by atoms with Crippen molar-refractivity contribution < 1.29 is 14.3 Å². The summed E-state index contributed by atoms with van der Waals surface area (Å²) >= 11 is 2.99. The quantitative estimate of drug-likeness (QED) is 0.511. The Hall–Kier alpha value is -3.29. The SMILES string of the molecule is COc1ccc(CNC(=O)/C=C/c2csc(/C=C3\Sc4ccccc4NC3=O)c2)cc1. The zero-order chi connectivity index (χ0) is 21.6. The van der Waals surface area contributed by atoms with Crippen LogP contribution in [0.1, 0.15) is 16.0 Å². The number of rotatable bonds is 6. The molecule has 2 amide bonds. The Morgan fingerprint density at radius 2 is 1.97 bits per heavy atom. The van der Waals surface area contributed by atoms with Gasteiger partial charge in [-0.2, -0.15) is 0 Å². The number of methoxy groups -OCH3 is 1. The van der Waals surface area contributed by atoms with Gasteiger partial charge in [0, 0.05) is 22.4 Å². The standard InChI is InChI=1S/C24H20N2O3S2/c1-29-18-9-6-16(7-10-18)14-25-23(27)11-8-17-12-19(30-15-17)13-22-24(28)26-20-4-2-3-5-21(20)31-22/h2-13,15H,14H2,1H3,(H,25,27)(H,26,28)/b11-8+,22-13-. The maximum absolute atomic E-state index is 12.3. The third kappa shape index (κ3) is 5.45. The van der Waals surface area contributed by atoms with Gasteiger partial charge in [0.25, 0.3) is 5.91 Å². The molecule has 0 saturated carbocycles. The highest BCUT2D eigenvalue weighted by Gasteiger charge is 2.20. The first kappa shape index (κ1) is 21.0. The van der Waals surface area contributed by atoms with Gasteiger partial charge in [-0.05, 0) is 59.0 Å². The summed E-state index contributed by atoms with van der Waals surface area (Å²) in [6.45, 7) is 0.446. The van der Waals surface area contributed by atoms with Gasteiger partial charge in [0.05, 0.1) is 17.7 Å². The lowest BCUT2D eigenvalue weighted by Gasteiger charge is -2.17. The van der Waals surface area contributed by atoms with Crippen LogP contribution < -0.4 is 15.4 Å². The molecule has 5 nitrogen and oxygen atoms in total. The van der Waals surface area contributed by atoms with Crippen LogP contribution in [0.3, 0.4) is 0 Å². The molecule has 0 saturated heterocycles. The fourth-order valence-electron chi connectivity index (χ4n) is 2.93. The fourth-order valence-corrected chi connectivity index (χ4v) is 4.75. The van der Waals surface area contributed by atoms with E-state index in [4.69, 9.17) is 4.74 Å². The Balaban J connectivity index is 1.35. The third-order valence-corrected chi connectivity index (χ3v) is 6.54. The van der Waals surface area contributed by atoms with E-state index in [9.17, 15) is 9.59 Å². The fraction of sp³-hybridized carbons (Fsp3) is 0.0833. The van der Waals surface area contributed by atoms with Crippen LogP contribution in [0.15, 0.2) is 75.9 Å². The second-order valence-electron chi connectivity index (χ2n) is 6.74. The van der Waals surface area contributed by atoms with Crippen LogP contribution in [-0.4, -0.2) is 18.9 Å². The minimum absolute atomic E-state index is 0.105. The molecule has 7 heteroatoms. The summed E-state index contributed by atoms with van der Waals surface area (Å²) < 4.78 is 5.13. The van der Waals surface area contributed by atoms with Crippen molar-refractivity contribution in [3.63, 3.8) is 0 Å². The number of nitrogens with one attached hydrogen (secondary N) is 2. The van der Waals surface area contributed by atoms with E-state index < -0.39 is 0 Å². The minimum Gasteiger partial charge on any atom is -0.497 e. The van der Waals surface area contributed by atoms with Crippen LogP contribution in [0, 0.1) is 0 Å².